The molecule has 0 aliphatic rings. The number of carbonyl (C=O) groups excluding carboxylic acids is 2. The third kappa shape index (κ3) is 12.2. The number of aryl methyl sites for hydroxylation is 1. The van der Waals surface area contributed by atoms with Crippen molar-refractivity contribution in [2.75, 3.05) is 13.2 Å². The van der Waals surface area contributed by atoms with Crippen LogP contribution in [0.1, 0.15) is 93.5 Å². The van der Waals surface area contributed by atoms with Crippen LogP contribution in [0.4, 0.5) is 0 Å². The lowest BCUT2D eigenvalue weighted by Gasteiger charge is -2.07. The zero-order chi connectivity index (χ0) is 19.7. The van der Waals surface area contributed by atoms with Gasteiger partial charge in [-0.15, -0.1) is 0 Å². The number of rotatable bonds is 15. The van der Waals surface area contributed by atoms with Gasteiger partial charge in [0.25, 0.3) is 5.91 Å². The minimum absolute atomic E-state index is 0.152. The van der Waals surface area contributed by atoms with E-state index in [0.717, 1.165) is 18.4 Å². The summed E-state index contributed by atoms with van der Waals surface area (Å²) in [6, 6.07) is 7.40. The molecule has 0 aliphatic heterocycles. The Bertz CT molecular complexity index is 542. The maximum Gasteiger partial charge on any atom is 0.307 e. The van der Waals surface area contributed by atoms with Crippen LogP contribution < -0.4 is 5.32 Å². The predicted molar refractivity (Wildman–Crippen MR) is 111 cm³/mol. The summed E-state index contributed by atoms with van der Waals surface area (Å²) in [6.07, 6.45) is 12.8. The van der Waals surface area contributed by atoms with Gasteiger partial charge in [0.1, 0.15) is 0 Å². The molecule has 0 heterocycles. The Morgan fingerprint density at radius 2 is 1.56 bits per heavy atom. The van der Waals surface area contributed by atoms with E-state index in [1.807, 2.05) is 25.1 Å². The molecule has 0 aliphatic carbocycles. The average Bonchev–Trinajstić information content (AvgIpc) is 2.66. The molecule has 4 heteroatoms. The first kappa shape index (κ1) is 23.2. The molecule has 1 aromatic rings. The lowest BCUT2D eigenvalue weighted by Crippen LogP contribution is -2.26. The molecule has 0 aromatic heterocycles. The van der Waals surface area contributed by atoms with E-state index in [-0.39, 0.29) is 18.3 Å². The second-order valence-corrected chi connectivity index (χ2v) is 7.28. The highest BCUT2D eigenvalue weighted by atomic mass is 16.5. The fourth-order valence-corrected chi connectivity index (χ4v) is 3.01. The highest BCUT2D eigenvalue weighted by Gasteiger charge is 2.07. The van der Waals surface area contributed by atoms with Crippen LogP contribution in [0, 0.1) is 6.92 Å². The van der Waals surface area contributed by atoms with Gasteiger partial charge in [-0.05, 0) is 25.5 Å². The number of esters is 1. The maximum absolute atomic E-state index is 12.0. The summed E-state index contributed by atoms with van der Waals surface area (Å²) in [6.45, 7) is 4.99. The van der Waals surface area contributed by atoms with Crippen molar-refractivity contribution in [3.8, 4) is 0 Å². The molecule has 0 radical (unpaired) electrons. The lowest BCUT2D eigenvalue weighted by molar-refractivity contribution is -0.143. The molecule has 0 unspecified atom stereocenters. The van der Waals surface area contributed by atoms with Gasteiger partial charge in [-0.2, -0.15) is 0 Å². The predicted octanol–water partition coefficient (Wildman–Crippen LogP) is 5.58. The lowest BCUT2D eigenvalue weighted by atomic mass is 10.1. The third-order valence-electron chi connectivity index (χ3n) is 4.66. The number of ether oxygens (including phenoxy) is 1. The summed E-state index contributed by atoms with van der Waals surface area (Å²) < 4.78 is 5.23. The fourth-order valence-electron chi connectivity index (χ4n) is 3.01. The molecule has 152 valence electrons. The summed E-state index contributed by atoms with van der Waals surface area (Å²) in [7, 11) is 0. The molecule has 1 rings (SSSR count). The van der Waals surface area contributed by atoms with Gasteiger partial charge in [-0.3, -0.25) is 9.59 Å². The standard InChI is InChI=1S/C23H37NO3/c1-3-4-5-6-7-8-9-10-11-12-18-27-22(25)16-17-24-23(26)21-15-13-14-20(2)19-21/h13-15,19H,3-12,16-18H2,1-2H3,(H,24,26). The number of amides is 1. The van der Waals surface area contributed by atoms with Crippen LogP contribution >= 0.6 is 0 Å². The Morgan fingerprint density at radius 1 is 0.926 bits per heavy atom. The molecule has 0 spiro atoms. The summed E-state index contributed by atoms with van der Waals surface area (Å²) in [5.74, 6) is -0.392. The second-order valence-electron chi connectivity index (χ2n) is 7.28. The third-order valence-corrected chi connectivity index (χ3v) is 4.66. The first-order valence-electron chi connectivity index (χ1n) is 10.6. The topological polar surface area (TPSA) is 55.4 Å². The zero-order valence-electron chi connectivity index (χ0n) is 17.2. The molecule has 1 amide bonds. The number of benzene rings is 1. The Morgan fingerprint density at radius 3 is 2.19 bits per heavy atom. The van der Waals surface area contributed by atoms with Crippen molar-refractivity contribution in [2.45, 2.75) is 84.5 Å². The first-order chi connectivity index (χ1) is 13.1. The molecule has 0 saturated carbocycles. The molecular weight excluding hydrogens is 338 g/mol. The van der Waals surface area contributed by atoms with E-state index >= 15 is 0 Å². The summed E-state index contributed by atoms with van der Waals surface area (Å²) in [4.78, 5) is 23.7. The number of carbonyl (C=O) groups is 2. The van der Waals surface area contributed by atoms with Crippen LogP contribution in [0.25, 0.3) is 0 Å². The largest absolute Gasteiger partial charge is 0.466 e. The van der Waals surface area contributed by atoms with Gasteiger partial charge in [0.05, 0.1) is 13.0 Å². The van der Waals surface area contributed by atoms with Gasteiger partial charge in [0.2, 0.25) is 0 Å². The van der Waals surface area contributed by atoms with Crippen LogP contribution in [-0.2, 0) is 9.53 Å². The van der Waals surface area contributed by atoms with E-state index in [0.29, 0.717) is 18.7 Å². The maximum atomic E-state index is 12.0. The van der Waals surface area contributed by atoms with Crippen molar-refractivity contribution in [1.29, 1.82) is 0 Å². The average molecular weight is 376 g/mol. The highest BCUT2D eigenvalue weighted by molar-refractivity contribution is 5.94. The van der Waals surface area contributed by atoms with Gasteiger partial charge in [-0.25, -0.2) is 0 Å². The van der Waals surface area contributed by atoms with Crippen molar-refractivity contribution < 1.29 is 14.3 Å². The molecule has 0 atom stereocenters. The SMILES string of the molecule is CCCCCCCCCCCCOC(=O)CCNC(=O)c1cccc(C)c1. The van der Waals surface area contributed by atoms with Crippen molar-refractivity contribution in [1.82, 2.24) is 5.32 Å². The van der Waals surface area contributed by atoms with Crippen molar-refractivity contribution in [3.63, 3.8) is 0 Å². The minimum atomic E-state index is -0.240. The van der Waals surface area contributed by atoms with Crippen LogP contribution in [0.5, 0.6) is 0 Å². The smallest absolute Gasteiger partial charge is 0.307 e. The summed E-state index contributed by atoms with van der Waals surface area (Å²) in [5, 5.41) is 2.76. The van der Waals surface area contributed by atoms with Crippen LogP contribution in [0.15, 0.2) is 24.3 Å². The first-order valence-corrected chi connectivity index (χ1v) is 10.6. The summed E-state index contributed by atoms with van der Waals surface area (Å²) >= 11 is 0. The molecular formula is C23H37NO3. The Kier molecular flexibility index (Phi) is 13.1. The Labute approximate surface area is 165 Å². The van der Waals surface area contributed by atoms with Crippen molar-refractivity contribution in [2.24, 2.45) is 0 Å². The van der Waals surface area contributed by atoms with E-state index in [4.69, 9.17) is 4.74 Å². The molecule has 1 aromatic carbocycles. The quantitative estimate of drug-likeness (QED) is 0.322. The minimum Gasteiger partial charge on any atom is -0.466 e. The van der Waals surface area contributed by atoms with Gasteiger partial charge >= 0.3 is 5.97 Å². The normalized spacial score (nSPS) is 10.6. The molecule has 0 bridgehead atoms. The summed E-state index contributed by atoms with van der Waals surface area (Å²) in [5.41, 5.74) is 1.66. The number of hydrogen-bond donors (Lipinski definition) is 1. The van der Waals surface area contributed by atoms with Crippen LogP contribution in [0.3, 0.4) is 0 Å². The van der Waals surface area contributed by atoms with Gasteiger partial charge in [0.15, 0.2) is 0 Å². The molecule has 0 saturated heterocycles. The van der Waals surface area contributed by atoms with E-state index < -0.39 is 0 Å². The Hall–Kier alpha value is -1.84. The van der Waals surface area contributed by atoms with Gasteiger partial charge in [-0.1, -0.05) is 82.4 Å². The van der Waals surface area contributed by atoms with Gasteiger partial charge in [0, 0.05) is 12.1 Å². The fraction of sp³-hybridized carbons (Fsp3) is 0.652. The van der Waals surface area contributed by atoms with E-state index in [1.165, 1.54) is 51.4 Å². The number of nitrogens with one attached hydrogen (secondary N) is 1. The van der Waals surface area contributed by atoms with E-state index in [9.17, 15) is 9.59 Å². The molecule has 0 fully saturated rings. The van der Waals surface area contributed by atoms with Crippen molar-refractivity contribution >= 4 is 11.9 Å². The second kappa shape index (κ2) is 15.2. The van der Waals surface area contributed by atoms with E-state index in [1.54, 1.807) is 6.07 Å². The van der Waals surface area contributed by atoms with Crippen LogP contribution in [-0.4, -0.2) is 25.0 Å². The highest BCUT2D eigenvalue weighted by Crippen LogP contribution is 2.10. The van der Waals surface area contributed by atoms with E-state index in [2.05, 4.69) is 12.2 Å². The van der Waals surface area contributed by atoms with Gasteiger partial charge < -0.3 is 10.1 Å². The Balaban J connectivity index is 1.93. The number of hydrogen-bond acceptors (Lipinski definition) is 3. The van der Waals surface area contributed by atoms with Crippen LogP contribution in [0.2, 0.25) is 0 Å². The molecule has 27 heavy (non-hydrogen) atoms. The molecule has 1 N–H and O–H groups in total. The molecule has 4 nitrogen and oxygen atoms in total. The number of unbranched alkanes of at least 4 members (excludes halogenated alkanes) is 9. The monoisotopic (exact) mass is 375 g/mol. The zero-order valence-corrected chi connectivity index (χ0v) is 17.2. The van der Waals surface area contributed by atoms with Crippen molar-refractivity contribution in [3.05, 3.63) is 35.4 Å².